The molecular weight excluding hydrogens is 306 g/mol. The fourth-order valence-corrected chi connectivity index (χ4v) is 2.78. The average molecular weight is 327 g/mol. The van der Waals surface area contributed by atoms with Gasteiger partial charge in [-0.15, -0.1) is 14.8 Å². The van der Waals surface area contributed by atoms with Gasteiger partial charge in [0.25, 0.3) is 0 Å². The Morgan fingerprint density at radius 3 is 2.77 bits per heavy atom. The number of hydrogen-bond donors (Lipinski definition) is 1. The first-order valence-corrected chi connectivity index (χ1v) is 8.69. The van der Waals surface area contributed by atoms with Crippen molar-refractivity contribution >= 4 is 15.7 Å². The first-order valence-electron chi connectivity index (χ1n) is 6.97. The smallest absolute Gasteiger partial charge is 0.236 e. The van der Waals surface area contributed by atoms with Gasteiger partial charge in [0.05, 0.1) is 12.4 Å². The lowest BCUT2D eigenvalue weighted by Crippen LogP contribution is -2.24. The van der Waals surface area contributed by atoms with E-state index in [0.29, 0.717) is 31.0 Å². The number of nitrogens with zero attached hydrogens (tertiary/aromatic N) is 4. The van der Waals surface area contributed by atoms with E-state index in [-0.39, 0.29) is 11.2 Å². The summed E-state index contributed by atoms with van der Waals surface area (Å²) in [5.74, 6) is 0.475. The molecule has 0 saturated carbocycles. The Morgan fingerprint density at radius 1 is 1.36 bits per heavy atom. The number of hydrogen-bond acceptors (Lipinski definition) is 6. The molecule has 2 rings (SSSR count). The summed E-state index contributed by atoms with van der Waals surface area (Å²) in [6.45, 7) is 6.31. The fraction of sp³-hybridized carbons (Fsp3) is 0.615. The zero-order valence-electron chi connectivity index (χ0n) is 13.0. The van der Waals surface area contributed by atoms with Gasteiger partial charge in [0.1, 0.15) is 6.33 Å². The Morgan fingerprint density at radius 2 is 2.09 bits per heavy atom. The van der Waals surface area contributed by atoms with Crippen LogP contribution in [0.3, 0.4) is 0 Å². The SMILES string of the molecule is Cc1cc2ncnn2nc1OCCC(C)(C)CCS(N)(=O)=O. The minimum absolute atomic E-state index is 0.0256. The van der Waals surface area contributed by atoms with E-state index < -0.39 is 10.0 Å². The third-order valence-corrected chi connectivity index (χ3v) is 4.28. The zero-order chi connectivity index (χ0) is 16.4. The second kappa shape index (κ2) is 6.17. The number of fused-ring (bicyclic) bond motifs is 1. The van der Waals surface area contributed by atoms with Crippen molar-refractivity contribution in [2.45, 2.75) is 33.6 Å². The van der Waals surface area contributed by atoms with Gasteiger partial charge >= 0.3 is 0 Å². The minimum Gasteiger partial charge on any atom is -0.476 e. The molecule has 22 heavy (non-hydrogen) atoms. The van der Waals surface area contributed by atoms with E-state index in [1.54, 1.807) is 0 Å². The molecule has 9 heteroatoms. The van der Waals surface area contributed by atoms with Crippen molar-refractivity contribution in [3.8, 4) is 5.88 Å². The van der Waals surface area contributed by atoms with Crippen molar-refractivity contribution in [1.29, 1.82) is 0 Å². The highest BCUT2D eigenvalue weighted by atomic mass is 32.2. The number of rotatable bonds is 7. The van der Waals surface area contributed by atoms with Gasteiger partial charge in [-0.05, 0) is 31.2 Å². The minimum atomic E-state index is -3.43. The predicted octanol–water partition coefficient (Wildman–Crippen LogP) is 0.906. The lowest BCUT2D eigenvalue weighted by Gasteiger charge is -2.24. The third kappa shape index (κ3) is 4.63. The van der Waals surface area contributed by atoms with Crippen LogP contribution in [-0.4, -0.2) is 40.6 Å². The Hall–Kier alpha value is -1.74. The molecule has 0 aliphatic rings. The van der Waals surface area contributed by atoms with Gasteiger partial charge in [0, 0.05) is 5.56 Å². The van der Waals surface area contributed by atoms with E-state index in [1.165, 1.54) is 11.0 Å². The van der Waals surface area contributed by atoms with Gasteiger partial charge in [0.2, 0.25) is 15.9 Å². The number of nitrogens with two attached hydrogens (primary N) is 1. The van der Waals surface area contributed by atoms with Crippen molar-refractivity contribution in [1.82, 2.24) is 19.8 Å². The van der Waals surface area contributed by atoms with Gasteiger partial charge in [-0.3, -0.25) is 0 Å². The third-order valence-electron chi connectivity index (χ3n) is 3.51. The maximum atomic E-state index is 11.0. The van der Waals surface area contributed by atoms with E-state index in [9.17, 15) is 8.42 Å². The topological polar surface area (TPSA) is 112 Å². The average Bonchev–Trinajstić information content (AvgIpc) is 2.83. The number of ether oxygens (including phenoxy) is 1. The maximum absolute atomic E-state index is 11.0. The summed E-state index contributed by atoms with van der Waals surface area (Å²) in [6.07, 6.45) is 2.62. The lowest BCUT2D eigenvalue weighted by molar-refractivity contribution is 0.214. The maximum Gasteiger partial charge on any atom is 0.236 e. The normalized spacial score (nSPS) is 12.7. The van der Waals surface area contributed by atoms with Crippen LogP contribution < -0.4 is 9.88 Å². The number of sulfonamides is 1. The predicted molar refractivity (Wildman–Crippen MR) is 82.0 cm³/mol. The standard InChI is InChI=1S/C13H21N5O3S/c1-10-8-11-15-9-16-18(11)17-12(10)21-6-4-13(2,3)5-7-22(14,19)20/h8-9H,4-7H2,1-3H3,(H2,14,19,20). The molecule has 2 heterocycles. The van der Waals surface area contributed by atoms with Crippen molar-refractivity contribution in [2.24, 2.45) is 10.6 Å². The highest BCUT2D eigenvalue weighted by Gasteiger charge is 2.20. The summed E-state index contributed by atoms with van der Waals surface area (Å²) in [7, 11) is -3.43. The Kier molecular flexibility index (Phi) is 4.66. The molecule has 2 aromatic heterocycles. The summed E-state index contributed by atoms with van der Waals surface area (Å²) < 4.78 is 29.2. The van der Waals surface area contributed by atoms with Crippen LogP contribution in [0.15, 0.2) is 12.4 Å². The first kappa shape index (κ1) is 16.6. The van der Waals surface area contributed by atoms with Gasteiger partial charge in [0.15, 0.2) is 5.65 Å². The van der Waals surface area contributed by atoms with E-state index in [0.717, 1.165) is 5.56 Å². The van der Waals surface area contributed by atoms with Crippen LogP contribution in [0.25, 0.3) is 5.65 Å². The van der Waals surface area contributed by atoms with Crippen molar-refractivity contribution < 1.29 is 13.2 Å². The fourth-order valence-electron chi connectivity index (χ4n) is 1.95. The molecule has 0 fully saturated rings. The Labute approximate surface area is 129 Å². The summed E-state index contributed by atoms with van der Waals surface area (Å²) in [5.41, 5.74) is 1.36. The molecule has 0 aliphatic heterocycles. The molecule has 0 aliphatic carbocycles. The molecule has 0 unspecified atom stereocenters. The van der Waals surface area contributed by atoms with Crippen LogP contribution in [0, 0.1) is 12.3 Å². The monoisotopic (exact) mass is 327 g/mol. The molecule has 0 atom stereocenters. The summed E-state index contributed by atoms with van der Waals surface area (Å²) in [6, 6.07) is 1.85. The molecule has 8 nitrogen and oxygen atoms in total. The second-order valence-electron chi connectivity index (χ2n) is 6.12. The molecule has 2 aromatic rings. The Balaban J connectivity index is 1.92. The molecule has 122 valence electrons. The van der Waals surface area contributed by atoms with Gasteiger partial charge in [-0.25, -0.2) is 18.5 Å². The zero-order valence-corrected chi connectivity index (χ0v) is 13.8. The molecule has 0 spiro atoms. The van der Waals surface area contributed by atoms with Gasteiger partial charge in [-0.2, -0.15) is 0 Å². The molecule has 0 bridgehead atoms. The molecular formula is C13H21N5O3S. The lowest BCUT2D eigenvalue weighted by atomic mass is 9.87. The van der Waals surface area contributed by atoms with Crippen molar-refractivity contribution in [2.75, 3.05) is 12.4 Å². The van der Waals surface area contributed by atoms with E-state index >= 15 is 0 Å². The van der Waals surface area contributed by atoms with E-state index in [4.69, 9.17) is 9.88 Å². The molecule has 0 saturated heterocycles. The largest absolute Gasteiger partial charge is 0.476 e. The van der Waals surface area contributed by atoms with Crippen LogP contribution in [0.5, 0.6) is 5.88 Å². The number of aryl methyl sites for hydroxylation is 1. The molecule has 0 aromatic carbocycles. The van der Waals surface area contributed by atoms with Gasteiger partial charge in [-0.1, -0.05) is 13.8 Å². The highest BCUT2D eigenvalue weighted by molar-refractivity contribution is 7.89. The quantitative estimate of drug-likeness (QED) is 0.808. The number of aromatic nitrogens is 4. The summed E-state index contributed by atoms with van der Waals surface area (Å²) in [4.78, 5) is 4.05. The van der Waals surface area contributed by atoms with Crippen LogP contribution in [-0.2, 0) is 10.0 Å². The van der Waals surface area contributed by atoms with Crippen molar-refractivity contribution in [3.05, 3.63) is 18.0 Å². The van der Waals surface area contributed by atoms with E-state index in [1.807, 2.05) is 26.8 Å². The van der Waals surface area contributed by atoms with Crippen molar-refractivity contribution in [3.63, 3.8) is 0 Å². The molecule has 0 radical (unpaired) electrons. The first-order chi connectivity index (χ1) is 10.2. The van der Waals surface area contributed by atoms with Crippen LogP contribution in [0.2, 0.25) is 0 Å². The van der Waals surface area contributed by atoms with Crippen LogP contribution >= 0.6 is 0 Å². The van der Waals surface area contributed by atoms with Crippen LogP contribution in [0.4, 0.5) is 0 Å². The van der Waals surface area contributed by atoms with E-state index in [2.05, 4.69) is 15.2 Å². The molecule has 2 N–H and O–H groups in total. The summed E-state index contributed by atoms with van der Waals surface area (Å²) in [5, 5.41) is 13.3. The molecule has 0 amide bonds. The summed E-state index contributed by atoms with van der Waals surface area (Å²) >= 11 is 0. The second-order valence-corrected chi connectivity index (χ2v) is 7.85. The van der Waals surface area contributed by atoms with Crippen LogP contribution in [0.1, 0.15) is 32.3 Å². The highest BCUT2D eigenvalue weighted by Crippen LogP contribution is 2.26. The Bertz CT molecular complexity index is 754. The number of primary sulfonamides is 1. The van der Waals surface area contributed by atoms with Gasteiger partial charge < -0.3 is 4.74 Å².